The monoisotopic (exact) mass is 565 g/mol. The average Bonchev–Trinajstić information content (AvgIpc) is 2.96. The van der Waals surface area contributed by atoms with Gasteiger partial charge in [0.25, 0.3) is 5.91 Å². The van der Waals surface area contributed by atoms with Crippen molar-refractivity contribution in [2.75, 3.05) is 5.32 Å². The van der Waals surface area contributed by atoms with E-state index < -0.39 is 18.0 Å². The number of benzene rings is 4. The zero-order chi connectivity index (χ0) is 26.5. The van der Waals surface area contributed by atoms with Crippen LogP contribution in [0, 0.1) is 0 Å². The van der Waals surface area contributed by atoms with E-state index in [-0.39, 0.29) is 0 Å². The van der Waals surface area contributed by atoms with Gasteiger partial charge in [-0.2, -0.15) is 0 Å². The number of fused-ring (bicyclic) bond motifs is 1. The van der Waals surface area contributed by atoms with Crippen LogP contribution in [0.4, 0.5) is 5.69 Å². The molecule has 0 fully saturated rings. The summed E-state index contributed by atoms with van der Waals surface area (Å²) in [7, 11) is 0. The number of hydrogen-bond acceptors (Lipinski definition) is 5. The van der Waals surface area contributed by atoms with E-state index in [1.54, 1.807) is 31.2 Å². The number of carbonyl (C=O) groups is 2. The Labute approximate surface area is 228 Å². The van der Waals surface area contributed by atoms with Crippen LogP contribution in [-0.4, -0.2) is 27.9 Å². The van der Waals surface area contributed by atoms with Crippen LogP contribution in [-0.2, 0) is 9.53 Å². The number of nitrogens with one attached hydrogen (secondary N) is 1. The number of nitrogens with zero attached hydrogens (tertiary/aromatic N) is 2. The summed E-state index contributed by atoms with van der Waals surface area (Å²) in [6.45, 7) is 1.79. The molecule has 1 heterocycles. The molecular formula is C31H24BrN3O3. The predicted molar refractivity (Wildman–Crippen MR) is 153 cm³/mol. The Kier molecular flexibility index (Phi) is 7.56. The lowest BCUT2D eigenvalue weighted by molar-refractivity contribution is -0.124. The first kappa shape index (κ1) is 25.3. The first-order chi connectivity index (χ1) is 18.5. The number of carbonyl (C=O) groups excluding carboxylic acids is 2. The molecule has 0 aliphatic heterocycles. The first-order valence-electron chi connectivity index (χ1n) is 12.2. The van der Waals surface area contributed by atoms with Gasteiger partial charge in [-0.25, -0.2) is 14.8 Å². The van der Waals surface area contributed by atoms with Gasteiger partial charge in [0, 0.05) is 15.6 Å². The highest BCUT2D eigenvalue weighted by atomic mass is 79.9. The van der Waals surface area contributed by atoms with E-state index in [0.717, 1.165) is 21.3 Å². The van der Waals surface area contributed by atoms with Gasteiger partial charge in [0.2, 0.25) is 0 Å². The predicted octanol–water partition coefficient (Wildman–Crippen LogP) is 7.30. The number of hydrogen-bond donors (Lipinski definition) is 1. The summed E-state index contributed by atoms with van der Waals surface area (Å²) in [5, 5.41) is 2.81. The molecule has 4 aromatic carbocycles. The minimum absolute atomic E-state index is 0.297. The first-order valence-corrected chi connectivity index (χ1v) is 13.0. The molecule has 5 rings (SSSR count). The quantitative estimate of drug-likeness (QED) is 0.209. The second-order valence-electron chi connectivity index (χ2n) is 8.63. The third kappa shape index (κ3) is 5.48. The highest BCUT2D eigenvalue weighted by Crippen LogP contribution is 2.31. The second-order valence-corrected chi connectivity index (χ2v) is 9.48. The van der Waals surface area contributed by atoms with Gasteiger partial charge in [-0.1, -0.05) is 79.7 Å². The minimum atomic E-state index is -0.947. The Hall–Kier alpha value is -4.36. The minimum Gasteiger partial charge on any atom is -0.449 e. The van der Waals surface area contributed by atoms with Gasteiger partial charge in [-0.15, -0.1) is 0 Å². The van der Waals surface area contributed by atoms with E-state index in [4.69, 9.17) is 14.7 Å². The van der Waals surface area contributed by atoms with Crippen molar-refractivity contribution >= 4 is 44.5 Å². The second kappa shape index (κ2) is 11.4. The molecule has 1 unspecified atom stereocenters. The van der Waals surface area contributed by atoms with Crippen molar-refractivity contribution in [1.29, 1.82) is 0 Å². The molecule has 6 nitrogen and oxygen atoms in total. The Morgan fingerprint density at radius 1 is 0.789 bits per heavy atom. The zero-order valence-electron chi connectivity index (χ0n) is 20.6. The van der Waals surface area contributed by atoms with Gasteiger partial charge in [0.05, 0.1) is 33.7 Å². The molecule has 0 saturated carbocycles. The Morgan fingerprint density at radius 3 is 1.97 bits per heavy atom. The van der Waals surface area contributed by atoms with Crippen LogP contribution in [0.5, 0.6) is 0 Å². The maximum atomic E-state index is 13.1. The van der Waals surface area contributed by atoms with Crippen molar-refractivity contribution in [3.63, 3.8) is 0 Å². The van der Waals surface area contributed by atoms with Crippen LogP contribution in [0.2, 0.25) is 0 Å². The third-order valence-electron chi connectivity index (χ3n) is 6.04. The van der Waals surface area contributed by atoms with E-state index in [1.807, 2.05) is 78.9 Å². The molecule has 1 N–H and O–H groups in total. The van der Waals surface area contributed by atoms with Crippen molar-refractivity contribution < 1.29 is 14.3 Å². The fourth-order valence-electron chi connectivity index (χ4n) is 4.07. The smallest absolute Gasteiger partial charge is 0.338 e. The number of esters is 1. The SMILES string of the molecule is CCC(OC(=O)c1ccc2nc(-c3ccccc3)c(-c3ccccc3)nc2c1)C(=O)Nc1ccccc1Br. The number of ether oxygens (including phenoxy) is 1. The summed E-state index contributed by atoms with van der Waals surface area (Å²) in [6.07, 6.45) is -0.620. The lowest BCUT2D eigenvalue weighted by Crippen LogP contribution is -2.32. The van der Waals surface area contributed by atoms with Gasteiger partial charge in [0.15, 0.2) is 6.10 Å². The van der Waals surface area contributed by atoms with Gasteiger partial charge >= 0.3 is 5.97 Å². The van der Waals surface area contributed by atoms with E-state index in [9.17, 15) is 9.59 Å². The van der Waals surface area contributed by atoms with Crippen LogP contribution in [0.15, 0.2) is 108 Å². The molecule has 0 aliphatic rings. The van der Waals surface area contributed by atoms with Crippen molar-refractivity contribution in [2.24, 2.45) is 0 Å². The number of aromatic nitrogens is 2. The molecular weight excluding hydrogens is 542 g/mol. The fourth-order valence-corrected chi connectivity index (χ4v) is 4.46. The van der Waals surface area contributed by atoms with Crippen LogP contribution >= 0.6 is 15.9 Å². The highest BCUT2D eigenvalue weighted by molar-refractivity contribution is 9.10. The molecule has 0 bridgehead atoms. The molecule has 0 spiro atoms. The van der Waals surface area contributed by atoms with Crippen LogP contribution < -0.4 is 5.32 Å². The number of halogens is 1. The molecule has 5 aromatic rings. The fraction of sp³-hybridized carbons (Fsp3) is 0.0968. The van der Waals surface area contributed by atoms with E-state index in [0.29, 0.717) is 34.4 Å². The normalized spacial score (nSPS) is 11.6. The van der Waals surface area contributed by atoms with E-state index in [1.165, 1.54) is 0 Å². The van der Waals surface area contributed by atoms with Gasteiger partial charge in [0.1, 0.15) is 0 Å². The van der Waals surface area contributed by atoms with Crippen LogP contribution in [0.25, 0.3) is 33.5 Å². The summed E-state index contributed by atoms with van der Waals surface area (Å²) in [5.74, 6) is -0.997. The molecule has 0 aliphatic carbocycles. The van der Waals surface area contributed by atoms with Crippen molar-refractivity contribution in [1.82, 2.24) is 9.97 Å². The summed E-state index contributed by atoms with van der Waals surface area (Å²) in [5.41, 5.74) is 5.46. The Morgan fingerprint density at radius 2 is 1.37 bits per heavy atom. The lowest BCUT2D eigenvalue weighted by Gasteiger charge is -2.17. The number of amides is 1. The summed E-state index contributed by atoms with van der Waals surface area (Å²) < 4.78 is 6.34. The molecule has 38 heavy (non-hydrogen) atoms. The molecule has 1 amide bonds. The summed E-state index contributed by atoms with van der Waals surface area (Å²) in [6, 6.07) is 32.0. The highest BCUT2D eigenvalue weighted by Gasteiger charge is 2.23. The summed E-state index contributed by atoms with van der Waals surface area (Å²) >= 11 is 3.41. The summed E-state index contributed by atoms with van der Waals surface area (Å²) in [4.78, 5) is 35.7. The van der Waals surface area contributed by atoms with Gasteiger partial charge in [-0.05, 0) is 52.7 Å². The molecule has 0 radical (unpaired) electrons. The third-order valence-corrected chi connectivity index (χ3v) is 6.73. The number of para-hydroxylation sites is 1. The van der Waals surface area contributed by atoms with Gasteiger partial charge in [-0.3, -0.25) is 4.79 Å². The Balaban J connectivity index is 1.45. The van der Waals surface area contributed by atoms with Crippen molar-refractivity contribution in [3.05, 3.63) is 113 Å². The van der Waals surface area contributed by atoms with E-state index >= 15 is 0 Å². The number of rotatable bonds is 7. The van der Waals surface area contributed by atoms with Crippen molar-refractivity contribution in [2.45, 2.75) is 19.4 Å². The lowest BCUT2D eigenvalue weighted by atomic mass is 10.0. The topological polar surface area (TPSA) is 81.2 Å². The average molecular weight is 566 g/mol. The van der Waals surface area contributed by atoms with Crippen molar-refractivity contribution in [3.8, 4) is 22.5 Å². The van der Waals surface area contributed by atoms with Gasteiger partial charge < -0.3 is 10.1 Å². The number of anilines is 1. The molecule has 1 aromatic heterocycles. The zero-order valence-corrected chi connectivity index (χ0v) is 22.2. The van der Waals surface area contributed by atoms with Crippen LogP contribution in [0.3, 0.4) is 0 Å². The largest absolute Gasteiger partial charge is 0.449 e. The van der Waals surface area contributed by atoms with E-state index in [2.05, 4.69) is 21.2 Å². The maximum Gasteiger partial charge on any atom is 0.338 e. The standard InChI is InChI=1S/C31H24BrN3O3/c1-2-27(30(36)35-24-16-10-9-15-23(24)32)38-31(37)22-17-18-25-26(19-22)34-29(21-13-7-4-8-14-21)28(33-25)20-11-5-3-6-12-20/h3-19,27H,2H2,1H3,(H,35,36). The maximum absolute atomic E-state index is 13.1. The van der Waals surface area contributed by atoms with Crippen LogP contribution in [0.1, 0.15) is 23.7 Å². The molecule has 188 valence electrons. The Bertz CT molecular complexity index is 1610. The molecule has 0 saturated heterocycles. The molecule has 1 atom stereocenters. The molecule has 7 heteroatoms.